The molecule has 3 aromatic rings. The van der Waals surface area contributed by atoms with E-state index in [4.69, 9.17) is 32.7 Å². The van der Waals surface area contributed by atoms with Crippen molar-refractivity contribution in [3.63, 3.8) is 0 Å². The van der Waals surface area contributed by atoms with Gasteiger partial charge in [-0.3, -0.25) is 0 Å². The van der Waals surface area contributed by atoms with Crippen LogP contribution in [0.1, 0.15) is 17.2 Å². The average Bonchev–Trinajstić information content (AvgIpc) is 2.75. The number of methoxy groups -OCH3 is 2. The van der Waals surface area contributed by atoms with Gasteiger partial charge in [0, 0.05) is 0 Å². The van der Waals surface area contributed by atoms with Gasteiger partial charge in [-0.05, 0) is 60.0 Å². The summed E-state index contributed by atoms with van der Waals surface area (Å²) in [4.78, 5) is 0.0464. The van der Waals surface area contributed by atoms with Crippen LogP contribution in [-0.2, 0) is 16.4 Å². The third kappa shape index (κ3) is 5.46. The van der Waals surface area contributed by atoms with Crippen LogP contribution in [0.2, 0.25) is 10.0 Å². The Kier molecular flexibility index (Phi) is 7.26. The van der Waals surface area contributed by atoms with E-state index in [0.717, 1.165) is 16.9 Å². The van der Waals surface area contributed by atoms with Gasteiger partial charge in [-0.15, -0.1) is 0 Å². The van der Waals surface area contributed by atoms with E-state index in [1.54, 1.807) is 26.4 Å². The van der Waals surface area contributed by atoms with Crippen molar-refractivity contribution < 1.29 is 17.9 Å². The molecule has 1 atom stereocenters. The minimum absolute atomic E-state index is 0.0464. The third-order valence-corrected chi connectivity index (χ3v) is 6.82. The van der Waals surface area contributed by atoms with E-state index in [1.165, 1.54) is 18.2 Å². The highest BCUT2D eigenvalue weighted by Crippen LogP contribution is 2.28. The van der Waals surface area contributed by atoms with Crippen molar-refractivity contribution >= 4 is 33.2 Å². The van der Waals surface area contributed by atoms with Gasteiger partial charge in [0.25, 0.3) is 0 Å². The maximum atomic E-state index is 13.0. The number of sulfonamides is 1. The number of nitrogens with one attached hydrogen (secondary N) is 1. The van der Waals surface area contributed by atoms with Gasteiger partial charge in [0.15, 0.2) is 0 Å². The molecule has 0 aliphatic carbocycles. The number of hydrogen-bond acceptors (Lipinski definition) is 4. The van der Waals surface area contributed by atoms with Crippen molar-refractivity contribution in [2.24, 2.45) is 0 Å². The molecule has 0 heterocycles. The summed E-state index contributed by atoms with van der Waals surface area (Å²) in [5.74, 6) is 1.42. The highest BCUT2D eigenvalue weighted by molar-refractivity contribution is 7.89. The molecule has 0 saturated carbocycles. The molecule has 1 N–H and O–H groups in total. The first-order valence-electron chi connectivity index (χ1n) is 9.06. The lowest BCUT2D eigenvalue weighted by Gasteiger charge is -2.20. The standard InChI is InChI=1S/C22H21Cl2NO4S/c1-28-17-7-3-15(4-8-17)13-22(16-5-9-18(29-2)10-6-16)25-30(26,27)19-11-12-20(23)21(24)14-19/h3-12,14,22,25H,13H2,1-2H3. The van der Waals surface area contributed by atoms with Crippen LogP contribution in [0.5, 0.6) is 11.5 Å². The van der Waals surface area contributed by atoms with Crippen molar-refractivity contribution in [3.8, 4) is 11.5 Å². The molecule has 3 aromatic carbocycles. The second-order valence-corrected chi connectivity index (χ2v) is 9.10. The zero-order valence-corrected chi connectivity index (χ0v) is 18.8. The van der Waals surface area contributed by atoms with Crippen LogP contribution < -0.4 is 14.2 Å². The summed E-state index contributed by atoms with van der Waals surface area (Å²) in [6.07, 6.45) is 0.441. The molecule has 8 heteroatoms. The number of rotatable bonds is 8. The van der Waals surface area contributed by atoms with Crippen LogP contribution in [0.25, 0.3) is 0 Å². The van der Waals surface area contributed by atoms with Crippen molar-refractivity contribution in [1.29, 1.82) is 0 Å². The molecule has 0 radical (unpaired) electrons. The highest BCUT2D eigenvalue weighted by atomic mass is 35.5. The number of benzene rings is 3. The summed E-state index contributed by atoms with van der Waals surface area (Å²) >= 11 is 11.9. The van der Waals surface area contributed by atoms with Gasteiger partial charge >= 0.3 is 0 Å². The molecule has 0 aromatic heterocycles. The normalized spacial score (nSPS) is 12.4. The molecule has 0 fully saturated rings. The second kappa shape index (κ2) is 9.71. The monoisotopic (exact) mass is 465 g/mol. The van der Waals surface area contributed by atoms with Gasteiger partial charge in [0.1, 0.15) is 11.5 Å². The molecule has 1 unspecified atom stereocenters. The number of hydrogen-bond donors (Lipinski definition) is 1. The molecular weight excluding hydrogens is 445 g/mol. The lowest BCUT2D eigenvalue weighted by atomic mass is 9.99. The molecule has 0 spiro atoms. The SMILES string of the molecule is COc1ccc(CC(NS(=O)(=O)c2ccc(Cl)c(Cl)c2)c2ccc(OC)cc2)cc1. The Morgan fingerprint density at radius 3 is 1.93 bits per heavy atom. The summed E-state index contributed by atoms with van der Waals surface area (Å²) in [5.41, 5.74) is 1.75. The predicted octanol–water partition coefficient (Wildman–Crippen LogP) is 5.27. The lowest BCUT2D eigenvalue weighted by molar-refractivity contribution is 0.414. The average molecular weight is 466 g/mol. The van der Waals surface area contributed by atoms with Gasteiger partial charge in [-0.25, -0.2) is 13.1 Å². The Balaban J connectivity index is 1.93. The van der Waals surface area contributed by atoms with Gasteiger partial charge in [0.05, 0.1) is 35.2 Å². The first-order valence-corrected chi connectivity index (χ1v) is 11.3. The molecule has 3 rings (SSSR count). The summed E-state index contributed by atoms with van der Waals surface area (Å²) in [6, 6.07) is 18.5. The van der Waals surface area contributed by atoms with Gasteiger partial charge < -0.3 is 9.47 Å². The fourth-order valence-electron chi connectivity index (χ4n) is 2.96. The van der Waals surface area contributed by atoms with Crippen molar-refractivity contribution in [2.75, 3.05) is 14.2 Å². The van der Waals surface area contributed by atoms with Crippen molar-refractivity contribution in [2.45, 2.75) is 17.4 Å². The molecule has 5 nitrogen and oxygen atoms in total. The summed E-state index contributed by atoms with van der Waals surface area (Å²) in [5, 5.41) is 0.469. The van der Waals surface area contributed by atoms with E-state index in [2.05, 4.69) is 4.72 Å². The quantitative estimate of drug-likeness (QED) is 0.491. The van der Waals surface area contributed by atoms with Crippen molar-refractivity contribution in [1.82, 2.24) is 4.72 Å². The van der Waals surface area contributed by atoms with Crippen LogP contribution in [0.4, 0.5) is 0 Å². The molecule has 158 valence electrons. The molecule has 0 aliphatic heterocycles. The summed E-state index contributed by atoms with van der Waals surface area (Å²) < 4.78 is 39.3. The van der Waals surface area contributed by atoms with E-state index in [1.807, 2.05) is 36.4 Å². The minimum Gasteiger partial charge on any atom is -0.497 e. The Morgan fingerprint density at radius 2 is 1.40 bits per heavy atom. The van der Waals surface area contributed by atoms with E-state index in [9.17, 15) is 8.42 Å². The van der Waals surface area contributed by atoms with E-state index in [0.29, 0.717) is 17.2 Å². The van der Waals surface area contributed by atoms with Crippen LogP contribution in [0.3, 0.4) is 0 Å². The highest BCUT2D eigenvalue weighted by Gasteiger charge is 2.23. The topological polar surface area (TPSA) is 64.6 Å². The lowest BCUT2D eigenvalue weighted by Crippen LogP contribution is -2.30. The molecule has 0 amide bonds. The van der Waals surface area contributed by atoms with Crippen LogP contribution in [0.15, 0.2) is 71.6 Å². The van der Waals surface area contributed by atoms with Crippen molar-refractivity contribution in [3.05, 3.63) is 87.9 Å². The molecular formula is C22H21Cl2NO4S. The first kappa shape index (κ1) is 22.4. The first-order chi connectivity index (χ1) is 14.3. The molecule has 0 aliphatic rings. The molecule has 30 heavy (non-hydrogen) atoms. The second-order valence-electron chi connectivity index (χ2n) is 6.58. The fourth-order valence-corrected chi connectivity index (χ4v) is 4.57. The minimum atomic E-state index is -3.84. The summed E-state index contributed by atoms with van der Waals surface area (Å²) in [6.45, 7) is 0. The molecule has 0 bridgehead atoms. The Labute approximate surface area is 186 Å². The van der Waals surface area contributed by atoms with Crippen LogP contribution in [0, 0.1) is 0 Å². The van der Waals surface area contributed by atoms with Crippen LogP contribution in [-0.4, -0.2) is 22.6 Å². The third-order valence-electron chi connectivity index (χ3n) is 4.62. The Hall–Kier alpha value is -2.25. The number of ether oxygens (including phenoxy) is 2. The Morgan fingerprint density at radius 1 is 0.833 bits per heavy atom. The van der Waals surface area contributed by atoms with Crippen LogP contribution >= 0.6 is 23.2 Å². The maximum Gasteiger partial charge on any atom is 0.241 e. The van der Waals surface area contributed by atoms with Gasteiger partial charge in [0.2, 0.25) is 10.0 Å². The van der Waals surface area contributed by atoms with E-state index < -0.39 is 16.1 Å². The number of halogens is 2. The smallest absolute Gasteiger partial charge is 0.241 e. The Bertz CT molecular complexity index is 1100. The maximum absolute atomic E-state index is 13.0. The fraction of sp³-hybridized carbons (Fsp3) is 0.182. The zero-order valence-electron chi connectivity index (χ0n) is 16.4. The predicted molar refractivity (Wildman–Crippen MR) is 119 cm³/mol. The molecule has 0 saturated heterocycles. The van der Waals surface area contributed by atoms with Gasteiger partial charge in [-0.2, -0.15) is 0 Å². The van der Waals surface area contributed by atoms with Gasteiger partial charge in [-0.1, -0.05) is 47.5 Å². The van der Waals surface area contributed by atoms with E-state index in [-0.39, 0.29) is 9.92 Å². The summed E-state index contributed by atoms with van der Waals surface area (Å²) in [7, 11) is -0.667. The largest absolute Gasteiger partial charge is 0.497 e. The zero-order chi connectivity index (χ0) is 21.7. The van der Waals surface area contributed by atoms with E-state index >= 15 is 0 Å².